The summed E-state index contributed by atoms with van der Waals surface area (Å²) in [5.41, 5.74) is 2.49. The Morgan fingerprint density at radius 2 is 2.15 bits per heavy atom. The van der Waals surface area contributed by atoms with Crippen molar-refractivity contribution in [3.63, 3.8) is 0 Å². The van der Waals surface area contributed by atoms with Gasteiger partial charge in [0.2, 0.25) is 5.91 Å². The molecule has 1 aliphatic rings. The number of benzene rings is 1. The Kier molecular flexibility index (Phi) is 3.86. The Balaban J connectivity index is 1.54. The van der Waals surface area contributed by atoms with Crippen LogP contribution in [0.3, 0.4) is 0 Å². The summed E-state index contributed by atoms with van der Waals surface area (Å²) in [5.74, 6) is 0.286. The number of aromatic amines is 1. The van der Waals surface area contributed by atoms with Crippen molar-refractivity contribution in [3.05, 3.63) is 48.2 Å². The Bertz CT molecular complexity index is 627. The fourth-order valence-corrected chi connectivity index (χ4v) is 2.79. The van der Waals surface area contributed by atoms with Gasteiger partial charge in [-0.1, -0.05) is 30.4 Å². The Morgan fingerprint density at radius 1 is 1.25 bits per heavy atom. The molecule has 0 bridgehead atoms. The highest BCUT2D eigenvalue weighted by Gasteiger charge is 2.13. The maximum atomic E-state index is 12.1. The number of fused-ring (bicyclic) bond motifs is 1. The van der Waals surface area contributed by atoms with Crippen LogP contribution >= 0.6 is 0 Å². The van der Waals surface area contributed by atoms with E-state index in [2.05, 4.69) is 41.5 Å². The van der Waals surface area contributed by atoms with Gasteiger partial charge in [-0.25, -0.2) is 0 Å². The lowest BCUT2D eigenvalue weighted by molar-refractivity contribution is -0.130. The van der Waals surface area contributed by atoms with Gasteiger partial charge in [-0.3, -0.25) is 4.79 Å². The zero-order chi connectivity index (χ0) is 13.8. The van der Waals surface area contributed by atoms with E-state index in [1.54, 1.807) is 0 Å². The van der Waals surface area contributed by atoms with Gasteiger partial charge in [0.15, 0.2) is 0 Å². The molecule has 1 N–H and O–H groups in total. The number of nitrogens with zero attached hydrogens (tertiary/aromatic N) is 1. The number of H-pyrrole nitrogens is 1. The van der Waals surface area contributed by atoms with Crippen molar-refractivity contribution < 1.29 is 4.79 Å². The largest absolute Gasteiger partial charge is 0.361 e. The molecule has 0 fully saturated rings. The molecule has 0 unspecified atom stereocenters. The number of para-hydroxylation sites is 1. The summed E-state index contributed by atoms with van der Waals surface area (Å²) in [4.78, 5) is 17.3. The van der Waals surface area contributed by atoms with Crippen LogP contribution in [0.5, 0.6) is 0 Å². The number of hydrogen-bond acceptors (Lipinski definition) is 1. The number of amides is 1. The van der Waals surface area contributed by atoms with Crippen LogP contribution < -0.4 is 0 Å². The molecule has 104 valence electrons. The lowest BCUT2D eigenvalue weighted by Crippen LogP contribution is -2.33. The number of carbonyl (C=O) groups excluding carboxylic acids is 1. The van der Waals surface area contributed by atoms with Crippen LogP contribution in [0.1, 0.15) is 24.8 Å². The molecule has 0 saturated heterocycles. The summed E-state index contributed by atoms with van der Waals surface area (Å²) in [6, 6.07) is 8.32. The molecule has 3 nitrogen and oxygen atoms in total. The first kappa shape index (κ1) is 13.0. The van der Waals surface area contributed by atoms with E-state index in [1.807, 2.05) is 11.0 Å². The molecular formula is C17H20N2O. The lowest BCUT2D eigenvalue weighted by atomic mass is 10.1. The van der Waals surface area contributed by atoms with Crippen molar-refractivity contribution in [2.45, 2.75) is 25.7 Å². The van der Waals surface area contributed by atoms with E-state index in [0.29, 0.717) is 6.42 Å². The first-order valence-corrected chi connectivity index (χ1v) is 7.32. The highest BCUT2D eigenvalue weighted by Crippen LogP contribution is 2.19. The van der Waals surface area contributed by atoms with Gasteiger partial charge < -0.3 is 9.88 Å². The van der Waals surface area contributed by atoms with Crippen molar-refractivity contribution in [2.24, 2.45) is 0 Å². The number of hydrogen-bond donors (Lipinski definition) is 1. The smallest absolute Gasteiger partial charge is 0.222 e. The van der Waals surface area contributed by atoms with Crippen molar-refractivity contribution in [1.29, 1.82) is 0 Å². The predicted octanol–water partition coefficient (Wildman–Crippen LogP) is 3.28. The standard InChI is InChI=1S/C17H20N2O/c20-17(19-11-4-1-5-12-19)10-6-7-14-13-18-16-9-3-2-8-15(14)16/h1-4,8-9,13,18H,5-7,10-12H2. The molecule has 3 heteroatoms. The second-order valence-corrected chi connectivity index (χ2v) is 5.31. The van der Waals surface area contributed by atoms with Crippen LogP contribution in [-0.2, 0) is 11.2 Å². The van der Waals surface area contributed by atoms with Crippen LogP contribution in [0.25, 0.3) is 10.9 Å². The minimum Gasteiger partial charge on any atom is -0.361 e. The molecule has 3 rings (SSSR count). The molecule has 1 aromatic heterocycles. The number of aryl methyl sites for hydroxylation is 1. The zero-order valence-corrected chi connectivity index (χ0v) is 11.6. The summed E-state index contributed by atoms with van der Waals surface area (Å²) in [6.07, 6.45) is 9.82. The van der Waals surface area contributed by atoms with E-state index in [0.717, 1.165) is 32.4 Å². The van der Waals surface area contributed by atoms with Crippen LogP contribution in [0.4, 0.5) is 0 Å². The Morgan fingerprint density at radius 3 is 3.00 bits per heavy atom. The second kappa shape index (κ2) is 5.95. The molecule has 1 aliphatic heterocycles. The predicted molar refractivity (Wildman–Crippen MR) is 81.6 cm³/mol. The van der Waals surface area contributed by atoms with E-state index in [4.69, 9.17) is 0 Å². The van der Waals surface area contributed by atoms with Gasteiger partial charge in [0.1, 0.15) is 0 Å². The minimum atomic E-state index is 0.286. The van der Waals surface area contributed by atoms with Crippen LogP contribution in [0.2, 0.25) is 0 Å². The highest BCUT2D eigenvalue weighted by molar-refractivity contribution is 5.83. The molecule has 2 heterocycles. The van der Waals surface area contributed by atoms with Gasteiger partial charge in [-0.15, -0.1) is 0 Å². The van der Waals surface area contributed by atoms with Crippen molar-refractivity contribution in [1.82, 2.24) is 9.88 Å². The summed E-state index contributed by atoms with van der Waals surface area (Å²) >= 11 is 0. The summed E-state index contributed by atoms with van der Waals surface area (Å²) in [7, 11) is 0. The number of rotatable bonds is 4. The molecule has 20 heavy (non-hydrogen) atoms. The SMILES string of the molecule is O=C(CCCc1c[nH]c2ccccc12)N1CC=CCC1. The zero-order valence-electron chi connectivity index (χ0n) is 11.6. The van der Waals surface area contributed by atoms with Gasteiger partial charge in [-0.05, 0) is 30.9 Å². The van der Waals surface area contributed by atoms with Crippen LogP contribution in [-0.4, -0.2) is 28.9 Å². The molecule has 0 aliphatic carbocycles. The van der Waals surface area contributed by atoms with Crippen LogP contribution in [0.15, 0.2) is 42.6 Å². The number of aromatic nitrogens is 1. The third-order valence-corrected chi connectivity index (χ3v) is 3.92. The summed E-state index contributed by atoms with van der Waals surface area (Å²) < 4.78 is 0. The lowest BCUT2D eigenvalue weighted by Gasteiger charge is -2.23. The molecule has 1 amide bonds. The average Bonchev–Trinajstić information content (AvgIpc) is 2.92. The Hall–Kier alpha value is -2.03. The van der Waals surface area contributed by atoms with Crippen LogP contribution in [0, 0.1) is 0 Å². The van der Waals surface area contributed by atoms with E-state index >= 15 is 0 Å². The number of nitrogens with one attached hydrogen (secondary N) is 1. The quantitative estimate of drug-likeness (QED) is 0.849. The Labute approximate surface area is 119 Å². The van der Waals surface area contributed by atoms with Crippen molar-refractivity contribution >= 4 is 16.8 Å². The van der Waals surface area contributed by atoms with Gasteiger partial charge in [-0.2, -0.15) is 0 Å². The third kappa shape index (κ3) is 2.77. The second-order valence-electron chi connectivity index (χ2n) is 5.31. The van der Waals surface area contributed by atoms with E-state index in [9.17, 15) is 4.79 Å². The fourth-order valence-electron chi connectivity index (χ4n) is 2.79. The maximum absolute atomic E-state index is 12.1. The molecule has 0 atom stereocenters. The van der Waals surface area contributed by atoms with Crippen molar-refractivity contribution in [2.75, 3.05) is 13.1 Å². The first-order valence-electron chi connectivity index (χ1n) is 7.32. The molecule has 0 spiro atoms. The number of carbonyl (C=O) groups is 1. The van der Waals surface area contributed by atoms with E-state index < -0.39 is 0 Å². The molecule has 0 radical (unpaired) electrons. The average molecular weight is 268 g/mol. The first-order chi connectivity index (χ1) is 9.84. The van der Waals surface area contributed by atoms with Gasteiger partial charge >= 0.3 is 0 Å². The summed E-state index contributed by atoms with van der Waals surface area (Å²) in [5, 5.41) is 1.28. The normalized spacial score (nSPS) is 14.9. The van der Waals surface area contributed by atoms with Crippen molar-refractivity contribution in [3.8, 4) is 0 Å². The van der Waals surface area contributed by atoms with E-state index in [1.165, 1.54) is 16.5 Å². The van der Waals surface area contributed by atoms with Gasteiger partial charge in [0.05, 0.1) is 0 Å². The third-order valence-electron chi connectivity index (χ3n) is 3.92. The molecule has 2 aromatic rings. The topological polar surface area (TPSA) is 36.1 Å². The molecule has 1 aromatic carbocycles. The summed E-state index contributed by atoms with van der Waals surface area (Å²) in [6.45, 7) is 1.66. The monoisotopic (exact) mass is 268 g/mol. The minimum absolute atomic E-state index is 0.286. The van der Waals surface area contributed by atoms with Gasteiger partial charge in [0, 0.05) is 36.6 Å². The molecule has 0 saturated carbocycles. The maximum Gasteiger partial charge on any atom is 0.222 e. The fraction of sp³-hybridized carbons (Fsp3) is 0.353. The molecular weight excluding hydrogens is 248 g/mol. The highest BCUT2D eigenvalue weighted by atomic mass is 16.2. The van der Waals surface area contributed by atoms with E-state index in [-0.39, 0.29) is 5.91 Å². The van der Waals surface area contributed by atoms with Gasteiger partial charge in [0.25, 0.3) is 0 Å².